The Kier molecular flexibility index (Phi) is 3.92. The van der Waals surface area contributed by atoms with Crippen LogP contribution in [0.4, 0.5) is 0 Å². The molecule has 0 saturated heterocycles. The number of hydrogen-bond acceptors (Lipinski definition) is 1. The normalized spacial score (nSPS) is 11.2. The molecule has 0 bridgehead atoms. The van der Waals surface area contributed by atoms with Crippen LogP contribution in [0.2, 0.25) is 5.02 Å². The van der Waals surface area contributed by atoms with Gasteiger partial charge in [-0.3, -0.25) is 4.57 Å². The number of alkyl halides is 1. The van der Waals surface area contributed by atoms with E-state index in [1.165, 1.54) is 5.56 Å². The third-order valence-electron chi connectivity index (χ3n) is 3.61. The molecule has 0 fully saturated rings. The van der Waals surface area contributed by atoms with E-state index in [0.29, 0.717) is 12.3 Å². The second kappa shape index (κ2) is 5.70. The highest BCUT2D eigenvalue weighted by Gasteiger charge is 2.16. The molecule has 4 heteroatoms. The minimum Gasteiger partial charge on any atom is -0.294 e. The molecule has 2 nitrogen and oxygen atoms in total. The maximum absolute atomic E-state index is 6.44. The Balaban J connectivity index is 2.36. The van der Waals surface area contributed by atoms with Crippen LogP contribution in [-0.2, 0) is 6.42 Å². The fourth-order valence-electron chi connectivity index (χ4n) is 2.65. The fourth-order valence-corrected chi connectivity index (χ4v) is 3.12. The van der Waals surface area contributed by atoms with E-state index >= 15 is 0 Å². The van der Waals surface area contributed by atoms with Crippen molar-refractivity contribution in [2.45, 2.75) is 20.3 Å². The van der Waals surface area contributed by atoms with Crippen LogP contribution in [-0.4, -0.2) is 15.4 Å². The summed E-state index contributed by atoms with van der Waals surface area (Å²) in [4.78, 5) is 4.74. The summed E-state index contributed by atoms with van der Waals surface area (Å²) in [6.45, 7) is 4.13. The molecule has 21 heavy (non-hydrogen) atoms. The molecule has 3 rings (SSSR count). The lowest BCUT2D eigenvalue weighted by molar-refractivity contribution is 0.907. The molecular formula is C17H16Cl2N2. The predicted octanol–water partition coefficient (Wildman–Crippen LogP) is 5.08. The Morgan fingerprint density at radius 3 is 2.67 bits per heavy atom. The maximum atomic E-state index is 6.44. The molecule has 2 aromatic carbocycles. The number of fused-ring (bicyclic) bond motifs is 1. The Hall–Kier alpha value is -1.51. The van der Waals surface area contributed by atoms with E-state index in [9.17, 15) is 0 Å². The number of halogens is 2. The molecule has 0 aliphatic carbocycles. The van der Waals surface area contributed by atoms with Crippen LogP contribution in [0.3, 0.4) is 0 Å². The largest absolute Gasteiger partial charge is 0.294 e. The average molecular weight is 319 g/mol. The van der Waals surface area contributed by atoms with E-state index in [0.717, 1.165) is 33.1 Å². The van der Waals surface area contributed by atoms with E-state index < -0.39 is 0 Å². The lowest BCUT2D eigenvalue weighted by Crippen LogP contribution is -2.04. The van der Waals surface area contributed by atoms with Crippen LogP contribution < -0.4 is 0 Å². The van der Waals surface area contributed by atoms with Crippen LogP contribution >= 0.6 is 23.2 Å². The molecule has 0 unspecified atom stereocenters. The van der Waals surface area contributed by atoms with Crippen LogP contribution in [0.25, 0.3) is 16.7 Å². The molecule has 0 spiro atoms. The summed E-state index contributed by atoms with van der Waals surface area (Å²) < 4.78 is 2.13. The van der Waals surface area contributed by atoms with Crippen LogP contribution in [0.1, 0.15) is 17.0 Å². The third kappa shape index (κ3) is 2.54. The molecule has 3 aromatic rings. The van der Waals surface area contributed by atoms with E-state index in [4.69, 9.17) is 28.2 Å². The van der Waals surface area contributed by atoms with E-state index in [1.54, 1.807) is 0 Å². The van der Waals surface area contributed by atoms with Crippen LogP contribution in [0.5, 0.6) is 0 Å². The predicted molar refractivity (Wildman–Crippen MR) is 90.0 cm³/mol. The molecule has 0 radical (unpaired) electrons. The third-order valence-corrected chi connectivity index (χ3v) is 4.10. The summed E-state index contributed by atoms with van der Waals surface area (Å²) in [5.41, 5.74) is 5.36. The van der Waals surface area contributed by atoms with E-state index in [1.807, 2.05) is 12.1 Å². The van der Waals surface area contributed by atoms with Gasteiger partial charge in [-0.1, -0.05) is 29.8 Å². The number of imidazole rings is 1. The van der Waals surface area contributed by atoms with Gasteiger partial charge in [0.1, 0.15) is 5.82 Å². The minimum atomic E-state index is 0.534. The molecule has 0 aliphatic heterocycles. The van der Waals surface area contributed by atoms with Gasteiger partial charge in [-0.2, -0.15) is 0 Å². The Morgan fingerprint density at radius 2 is 1.95 bits per heavy atom. The summed E-state index contributed by atoms with van der Waals surface area (Å²) in [6.07, 6.45) is 0.708. The SMILES string of the molecule is Cc1ccc2c(c1)nc(CCCl)n2-c1c(C)cccc1Cl. The molecular weight excluding hydrogens is 303 g/mol. The number of para-hydroxylation sites is 1. The lowest BCUT2D eigenvalue weighted by atomic mass is 10.1. The van der Waals surface area contributed by atoms with Crippen molar-refractivity contribution in [3.63, 3.8) is 0 Å². The molecule has 0 atom stereocenters. The van der Waals surface area contributed by atoms with Crippen molar-refractivity contribution >= 4 is 34.2 Å². The van der Waals surface area contributed by atoms with Crippen LogP contribution in [0.15, 0.2) is 36.4 Å². The lowest BCUT2D eigenvalue weighted by Gasteiger charge is -2.13. The number of aryl methyl sites for hydroxylation is 3. The second-order valence-electron chi connectivity index (χ2n) is 5.20. The molecule has 0 N–H and O–H groups in total. The van der Waals surface area contributed by atoms with Gasteiger partial charge in [-0.15, -0.1) is 11.6 Å². The Bertz CT molecular complexity index is 786. The second-order valence-corrected chi connectivity index (χ2v) is 5.99. The van der Waals surface area contributed by atoms with E-state index in [2.05, 4.69) is 42.7 Å². The first kappa shape index (κ1) is 14.4. The Labute approximate surface area is 134 Å². The van der Waals surface area contributed by atoms with E-state index in [-0.39, 0.29) is 0 Å². The van der Waals surface area contributed by atoms with Crippen molar-refractivity contribution in [1.29, 1.82) is 0 Å². The zero-order chi connectivity index (χ0) is 15.0. The first-order valence-electron chi connectivity index (χ1n) is 6.91. The fraction of sp³-hybridized carbons (Fsp3) is 0.235. The van der Waals surface area contributed by atoms with Crippen molar-refractivity contribution in [3.8, 4) is 5.69 Å². The maximum Gasteiger partial charge on any atom is 0.115 e. The van der Waals surface area contributed by atoms with Gasteiger partial charge in [0.25, 0.3) is 0 Å². The average Bonchev–Trinajstić information content (AvgIpc) is 2.77. The number of hydrogen-bond donors (Lipinski definition) is 0. The Morgan fingerprint density at radius 1 is 1.14 bits per heavy atom. The molecule has 0 aliphatic rings. The number of aromatic nitrogens is 2. The van der Waals surface area contributed by atoms with Gasteiger partial charge in [0.05, 0.1) is 21.7 Å². The number of nitrogens with zero attached hydrogens (tertiary/aromatic N) is 2. The van der Waals surface area contributed by atoms with Gasteiger partial charge >= 0.3 is 0 Å². The van der Waals surface area contributed by atoms with Gasteiger partial charge in [-0.25, -0.2) is 4.98 Å². The summed E-state index contributed by atoms with van der Waals surface area (Å²) >= 11 is 12.4. The standard InChI is InChI=1S/C17H16Cl2N2/c1-11-6-7-15-14(10-11)20-16(8-9-18)21(15)17-12(2)4-3-5-13(17)19/h3-7,10H,8-9H2,1-2H3. The van der Waals surface area contributed by atoms with Gasteiger partial charge in [0, 0.05) is 12.3 Å². The van der Waals surface area contributed by atoms with Crippen molar-refractivity contribution < 1.29 is 0 Å². The van der Waals surface area contributed by atoms with Crippen molar-refractivity contribution in [2.75, 3.05) is 5.88 Å². The summed E-state index contributed by atoms with van der Waals surface area (Å²) in [5, 5.41) is 0.727. The first-order chi connectivity index (χ1) is 10.1. The minimum absolute atomic E-state index is 0.534. The van der Waals surface area contributed by atoms with Gasteiger partial charge in [0.15, 0.2) is 0 Å². The quantitative estimate of drug-likeness (QED) is 0.616. The zero-order valence-electron chi connectivity index (χ0n) is 12.0. The number of benzene rings is 2. The summed E-state index contributed by atoms with van der Waals surface area (Å²) in [7, 11) is 0. The molecule has 1 aromatic heterocycles. The first-order valence-corrected chi connectivity index (χ1v) is 7.82. The van der Waals surface area contributed by atoms with Crippen molar-refractivity contribution in [2.24, 2.45) is 0 Å². The monoisotopic (exact) mass is 318 g/mol. The summed E-state index contributed by atoms with van der Waals surface area (Å²) in [5.74, 6) is 1.48. The summed E-state index contributed by atoms with van der Waals surface area (Å²) in [6, 6.07) is 12.2. The highest BCUT2D eigenvalue weighted by molar-refractivity contribution is 6.32. The highest BCUT2D eigenvalue weighted by Crippen LogP contribution is 2.30. The van der Waals surface area contributed by atoms with Crippen LogP contribution in [0, 0.1) is 13.8 Å². The zero-order valence-corrected chi connectivity index (χ0v) is 13.5. The smallest absolute Gasteiger partial charge is 0.115 e. The molecule has 108 valence electrons. The number of rotatable bonds is 3. The molecule has 0 saturated carbocycles. The molecule has 1 heterocycles. The van der Waals surface area contributed by atoms with Gasteiger partial charge < -0.3 is 0 Å². The van der Waals surface area contributed by atoms with Gasteiger partial charge in [-0.05, 0) is 43.2 Å². The van der Waals surface area contributed by atoms with Crippen molar-refractivity contribution in [1.82, 2.24) is 9.55 Å². The van der Waals surface area contributed by atoms with Gasteiger partial charge in [0.2, 0.25) is 0 Å². The topological polar surface area (TPSA) is 17.8 Å². The van der Waals surface area contributed by atoms with Crippen molar-refractivity contribution in [3.05, 3.63) is 58.4 Å². The molecule has 0 amide bonds. The highest BCUT2D eigenvalue weighted by atomic mass is 35.5.